The van der Waals surface area contributed by atoms with Crippen LogP contribution in [0.1, 0.15) is 33.3 Å². The molecule has 1 fully saturated rings. The Kier molecular flexibility index (Phi) is 3.17. The van der Waals surface area contributed by atoms with Crippen LogP contribution < -0.4 is 16.9 Å². The van der Waals surface area contributed by atoms with Crippen LogP contribution >= 0.6 is 0 Å². The quantitative estimate of drug-likeness (QED) is 0.605. The van der Waals surface area contributed by atoms with Crippen LogP contribution in [-0.2, 0) is 15.9 Å². The molecule has 0 saturated carbocycles. The summed E-state index contributed by atoms with van der Waals surface area (Å²) in [7, 11) is -0.406. The highest BCUT2D eigenvalue weighted by molar-refractivity contribution is 6.62. The van der Waals surface area contributed by atoms with Gasteiger partial charge >= 0.3 is 7.12 Å². The predicted molar refractivity (Wildman–Crippen MR) is 74.5 cm³/mol. The van der Waals surface area contributed by atoms with Gasteiger partial charge in [-0.3, -0.25) is 0 Å². The first-order chi connectivity index (χ1) is 8.28. The van der Waals surface area contributed by atoms with Gasteiger partial charge in [0.05, 0.1) is 11.2 Å². The zero-order valence-corrected chi connectivity index (χ0v) is 11.5. The van der Waals surface area contributed by atoms with E-state index in [4.69, 9.17) is 20.8 Å². The molecule has 1 aromatic rings. The fourth-order valence-corrected chi connectivity index (χ4v) is 2.05. The molecule has 1 saturated heterocycles. The summed E-state index contributed by atoms with van der Waals surface area (Å²) < 4.78 is 12.0. The van der Waals surface area contributed by atoms with E-state index in [2.05, 4.69) is 0 Å². The van der Waals surface area contributed by atoms with Crippen LogP contribution in [-0.4, -0.2) is 18.3 Å². The minimum Gasteiger partial charge on any atom is -0.399 e. The van der Waals surface area contributed by atoms with Gasteiger partial charge in [-0.05, 0) is 44.8 Å². The zero-order chi connectivity index (χ0) is 13.6. The summed E-state index contributed by atoms with van der Waals surface area (Å²) >= 11 is 0. The molecule has 98 valence electrons. The molecule has 5 heteroatoms. The zero-order valence-electron chi connectivity index (χ0n) is 11.5. The number of hydrogen-bond acceptors (Lipinski definition) is 4. The van der Waals surface area contributed by atoms with Crippen molar-refractivity contribution in [3.8, 4) is 0 Å². The maximum absolute atomic E-state index is 6.01. The lowest BCUT2D eigenvalue weighted by molar-refractivity contribution is 0.00578. The maximum atomic E-state index is 6.01. The lowest BCUT2D eigenvalue weighted by Crippen LogP contribution is -2.41. The van der Waals surface area contributed by atoms with Gasteiger partial charge in [0, 0.05) is 12.2 Å². The Balaban J connectivity index is 2.38. The Labute approximate surface area is 109 Å². The van der Waals surface area contributed by atoms with Gasteiger partial charge in [-0.25, -0.2) is 0 Å². The van der Waals surface area contributed by atoms with E-state index in [1.807, 2.05) is 45.9 Å². The van der Waals surface area contributed by atoms with E-state index in [1.54, 1.807) is 0 Å². The van der Waals surface area contributed by atoms with Crippen LogP contribution in [0.25, 0.3) is 0 Å². The summed E-state index contributed by atoms with van der Waals surface area (Å²) in [5.41, 5.74) is 13.5. The lowest BCUT2D eigenvalue weighted by Gasteiger charge is -2.32. The van der Waals surface area contributed by atoms with Crippen molar-refractivity contribution < 1.29 is 9.31 Å². The molecule has 0 aliphatic carbocycles. The number of hydrogen-bond donors (Lipinski definition) is 2. The highest BCUT2D eigenvalue weighted by Gasteiger charge is 2.52. The van der Waals surface area contributed by atoms with Crippen molar-refractivity contribution in [2.45, 2.75) is 45.4 Å². The van der Waals surface area contributed by atoms with Gasteiger partial charge < -0.3 is 20.8 Å². The van der Waals surface area contributed by atoms with Crippen molar-refractivity contribution in [1.29, 1.82) is 0 Å². The van der Waals surface area contributed by atoms with Crippen LogP contribution in [0, 0.1) is 0 Å². The fourth-order valence-electron chi connectivity index (χ4n) is 2.05. The minimum atomic E-state index is -0.406. The van der Waals surface area contributed by atoms with Crippen molar-refractivity contribution in [1.82, 2.24) is 0 Å². The van der Waals surface area contributed by atoms with Crippen molar-refractivity contribution in [2.75, 3.05) is 5.73 Å². The van der Waals surface area contributed by atoms with Crippen LogP contribution in [0.2, 0.25) is 0 Å². The predicted octanol–water partition coefficient (Wildman–Crippen LogP) is 1.03. The van der Waals surface area contributed by atoms with Crippen molar-refractivity contribution in [3.63, 3.8) is 0 Å². The molecule has 0 amide bonds. The van der Waals surface area contributed by atoms with Gasteiger partial charge in [0.15, 0.2) is 0 Å². The summed E-state index contributed by atoms with van der Waals surface area (Å²) in [4.78, 5) is 0. The molecule has 1 aromatic carbocycles. The second kappa shape index (κ2) is 4.26. The summed E-state index contributed by atoms with van der Waals surface area (Å²) in [6, 6.07) is 5.70. The first kappa shape index (κ1) is 13.4. The number of nitrogens with two attached hydrogens (primary N) is 2. The van der Waals surface area contributed by atoms with Crippen LogP contribution in [0.4, 0.5) is 5.69 Å². The molecule has 2 rings (SSSR count). The molecule has 1 heterocycles. The average molecular weight is 248 g/mol. The summed E-state index contributed by atoms with van der Waals surface area (Å²) in [5, 5.41) is 0. The molecule has 0 atom stereocenters. The average Bonchev–Trinajstić information content (AvgIpc) is 2.47. The normalized spacial score (nSPS) is 21.3. The highest BCUT2D eigenvalue weighted by atomic mass is 16.7. The van der Waals surface area contributed by atoms with Gasteiger partial charge in [-0.1, -0.05) is 12.1 Å². The highest BCUT2D eigenvalue weighted by Crippen LogP contribution is 2.36. The van der Waals surface area contributed by atoms with E-state index >= 15 is 0 Å². The van der Waals surface area contributed by atoms with Gasteiger partial charge in [0.2, 0.25) is 0 Å². The standard InChI is InChI=1S/C13H21BN2O2/c1-12(2)13(3,4)18-14(17-12)10-6-5-7-11(16)9(10)8-15/h5-7H,8,15-16H2,1-4H3. The Morgan fingerprint density at radius 1 is 1.11 bits per heavy atom. The third-order valence-electron chi connectivity index (χ3n) is 3.96. The van der Waals surface area contributed by atoms with E-state index in [0.717, 1.165) is 11.0 Å². The molecule has 18 heavy (non-hydrogen) atoms. The van der Waals surface area contributed by atoms with E-state index in [9.17, 15) is 0 Å². The number of anilines is 1. The molecular formula is C13H21BN2O2. The Morgan fingerprint density at radius 3 is 2.17 bits per heavy atom. The Morgan fingerprint density at radius 2 is 1.67 bits per heavy atom. The second-order valence-electron chi connectivity index (χ2n) is 5.71. The molecule has 4 nitrogen and oxygen atoms in total. The van der Waals surface area contributed by atoms with Crippen LogP contribution in [0.5, 0.6) is 0 Å². The molecular weight excluding hydrogens is 227 g/mol. The van der Waals surface area contributed by atoms with Crippen LogP contribution in [0.3, 0.4) is 0 Å². The van der Waals surface area contributed by atoms with Crippen LogP contribution in [0.15, 0.2) is 18.2 Å². The van der Waals surface area contributed by atoms with Gasteiger partial charge in [-0.2, -0.15) is 0 Å². The summed E-state index contributed by atoms with van der Waals surface area (Å²) in [5.74, 6) is 0. The molecule has 0 radical (unpaired) electrons. The minimum absolute atomic E-state index is 0.353. The van der Waals surface area contributed by atoms with Gasteiger partial charge in [-0.15, -0.1) is 0 Å². The fraction of sp³-hybridized carbons (Fsp3) is 0.538. The van der Waals surface area contributed by atoms with Crippen molar-refractivity contribution >= 4 is 18.3 Å². The lowest BCUT2D eigenvalue weighted by atomic mass is 9.75. The molecule has 0 unspecified atom stereocenters. The number of nitrogen functional groups attached to an aromatic ring is 1. The topological polar surface area (TPSA) is 70.5 Å². The van der Waals surface area contributed by atoms with E-state index in [0.29, 0.717) is 12.2 Å². The first-order valence-electron chi connectivity index (χ1n) is 6.21. The first-order valence-corrected chi connectivity index (χ1v) is 6.21. The van der Waals surface area contributed by atoms with Crippen molar-refractivity contribution in [3.05, 3.63) is 23.8 Å². The number of rotatable bonds is 2. The van der Waals surface area contributed by atoms with E-state index < -0.39 is 7.12 Å². The third-order valence-corrected chi connectivity index (χ3v) is 3.96. The van der Waals surface area contributed by atoms with Gasteiger partial charge in [0.25, 0.3) is 0 Å². The maximum Gasteiger partial charge on any atom is 0.495 e. The molecule has 4 N–H and O–H groups in total. The summed E-state index contributed by atoms with van der Waals surface area (Å²) in [6.07, 6.45) is 0. The molecule has 0 aromatic heterocycles. The largest absolute Gasteiger partial charge is 0.495 e. The second-order valence-corrected chi connectivity index (χ2v) is 5.71. The SMILES string of the molecule is CC1(C)OB(c2cccc(N)c2CN)OC1(C)C. The van der Waals surface area contributed by atoms with Crippen molar-refractivity contribution in [2.24, 2.45) is 5.73 Å². The smallest absolute Gasteiger partial charge is 0.399 e. The summed E-state index contributed by atoms with van der Waals surface area (Å²) in [6.45, 7) is 8.50. The molecule has 0 bridgehead atoms. The van der Waals surface area contributed by atoms with E-state index in [-0.39, 0.29) is 11.2 Å². The van der Waals surface area contributed by atoms with Gasteiger partial charge in [0.1, 0.15) is 0 Å². The molecule has 1 aliphatic rings. The monoisotopic (exact) mass is 248 g/mol. The number of benzene rings is 1. The molecule has 1 aliphatic heterocycles. The third kappa shape index (κ3) is 2.02. The molecule has 0 spiro atoms. The van der Waals surface area contributed by atoms with E-state index in [1.165, 1.54) is 0 Å². The Bertz CT molecular complexity index is 444. The Hall–Kier alpha value is -1.04.